The van der Waals surface area contributed by atoms with Gasteiger partial charge in [-0.05, 0) is 57.6 Å². The number of aliphatic hydroxyl groups excluding tert-OH is 1. The third kappa shape index (κ3) is 9.83. The van der Waals surface area contributed by atoms with E-state index in [0.717, 1.165) is 49.5 Å². The van der Waals surface area contributed by atoms with Gasteiger partial charge in [-0.1, -0.05) is 110 Å². The van der Waals surface area contributed by atoms with Gasteiger partial charge in [-0.25, -0.2) is 4.79 Å². The highest BCUT2D eigenvalue weighted by atomic mass is 32.2. The lowest BCUT2D eigenvalue weighted by molar-refractivity contribution is -0.268. The number of nitrogens with one attached hydrogen (secondary N) is 2. The summed E-state index contributed by atoms with van der Waals surface area (Å²) in [7, 11) is 0. The minimum Gasteiger partial charge on any atom is -0.445 e. The third-order valence-corrected chi connectivity index (χ3v) is 11.4. The lowest BCUT2D eigenvalue weighted by Gasteiger charge is -2.41. The van der Waals surface area contributed by atoms with E-state index in [1.54, 1.807) is 11.8 Å². The molecule has 2 heterocycles. The van der Waals surface area contributed by atoms with E-state index in [1.807, 2.05) is 127 Å². The van der Waals surface area contributed by atoms with Crippen LogP contribution in [-0.2, 0) is 48.4 Å². The molecule has 0 spiro atoms. The van der Waals surface area contributed by atoms with Crippen LogP contribution in [0.4, 0.5) is 10.5 Å². The zero-order valence-electron chi connectivity index (χ0n) is 32.2. The summed E-state index contributed by atoms with van der Waals surface area (Å²) < 4.78 is 18.6. The van der Waals surface area contributed by atoms with Gasteiger partial charge in [-0.3, -0.25) is 19.3 Å². The Kier molecular flexibility index (Phi) is 13.0. The number of amides is 4. The highest BCUT2D eigenvalue weighted by Gasteiger charge is 2.40. The molecule has 2 aliphatic rings. The number of likely N-dealkylation sites (tertiary alicyclic amines) is 1. The van der Waals surface area contributed by atoms with Gasteiger partial charge in [0.15, 0.2) is 6.29 Å². The standard InChI is InChI=1S/C46H45N3O8S/c1-29-41(28-58-38-22-20-37(21-23-38)47-30(2)51)56-45(57-43(29)34-14-12-31(26-50)13-15-34)35-18-16-33(17-19-35)39-11-7-6-10-36(39)25-49-42(52)24-40(44(49)53)48-46(54)55-27-32-8-4-3-5-9-32/h3-23,29,40-41,43,45,50H,24-28H2,1-2H3,(H,47,51)(H,48,54)/t29-,40?,41+,43+,45+/m1/s1. The molecular formula is C46H45N3O8S. The summed E-state index contributed by atoms with van der Waals surface area (Å²) in [5.74, 6) is -0.317. The highest BCUT2D eigenvalue weighted by molar-refractivity contribution is 7.99. The van der Waals surface area contributed by atoms with Gasteiger partial charge in [-0.15, -0.1) is 11.8 Å². The van der Waals surface area contributed by atoms with Crippen LogP contribution in [0.2, 0.25) is 0 Å². The number of carbonyl (C=O) groups excluding carboxylic acids is 4. The van der Waals surface area contributed by atoms with Crippen molar-refractivity contribution in [3.63, 3.8) is 0 Å². The number of ether oxygens (including phenoxy) is 3. The zero-order chi connectivity index (χ0) is 40.6. The summed E-state index contributed by atoms with van der Waals surface area (Å²) in [6.07, 6.45) is -2.03. The van der Waals surface area contributed by atoms with Crippen molar-refractivity contribution in [3.05, 3.63) is 155 Å². The van der Waals surface area contributed by atoms with E-state index < -0.39 is 24.3 Å². The third-order valence-electron chi connectivity index (χ3n) is 10.3. The number of imide groups is 1. The Hall–Kier alpha value is -5.79. The summed E-state index contributed by atoms with van der Waals surface area (Å²) in [4.78, 5) is 52.6. The molecule has 58 heavy (non-hydrogen) atoms. The Labute approximate surface area is 341 Å². The normalized spacial score (nSPS) is 20.5. The second-order valence-corrected chi connectivity index (χ2v) is 15.5. The lowest BCUT2D eigenvalue weighted by atomic mass is 9.91. The number of nitrogens with zero attached hydrogens (tertiary/aromatic N) is 1. The number of anilines is 1. The predicted octanol–water partition coefficient (Wildman–Crippen LogP) is 7.94. The molecule has 2 aliphatic heterocycles. The predicted molar refractivity (Wildman–Crippen MR) is 220 cm³/mol. The average molecular weight is 800 g/mol. The topological polar surface area (TPSA) is 144 Å². The molecule has 7 rings (SSSR count). The maximum absolute atomic E-state index is 13.4. The fraction of sp³-hybridized carbons (Fsp3) is 0.261. The van der Waals surface area contributed by atoms with Gasteiger partial charge in [0.2, 0.25) is 11.8 Å². The van der Waals surface area contributed by atoms with E-state index >= 15 is 0 Å². The van der Waals surface area contributed by atoms with Crippen LogP contribution in [0.25, 0.3) is 11.1 Å². The molecule has 0 saturated carbocycles. The SMILES string of the molecule is CC(=O)Nc1ccc(SC[C@@H]2O[C@H](c3ccc(-c4ccccc4CN4C(=O)CC(NC(=O)OCc5ccccc5)C4=O)cc3)O[C@H](c3ccc(CO)cc3)[C@@H]2C)cc1. The first-order valence-electron chi connectivity index (χ1n) is 19.2. The molecular weight excluding hydrogens is 755 g/mol. The Bertz CT molecular complexity index is 2220. The van der Waals surface area contributed by atoms with Crippen molar-refractivity contribution in [2.45, 2.75) is 69.5 Å². The molecule has 0 aliphatic carbocycles. The summed E-state index contributed by atoms with van der Waals surface area (Å²) in [5, 5.41) is 15.0. The second kappa shape index (κ2) is 18.6. The van der Waals surface area contributed by atoms with Crippen LogP contribution in [0.1, 0.15) is 60.5 Å². The second-order valence-electron chi connectivity index (χ2n) is 14.4. The zero-order valence-corrected chi connectivity index (χ0v) is 33.0. The first-order chi connectivity index (χ1) is 28.1. The van der Waals surface area contributed by atoms with Crippen molar-refractivity contribution in [2.75, 3.05) is 11.1 Å². The minimum atomic E-state index is -1.00. The van der Waals surface area contributed by atoms with Crippen molar-refractivity contribution >= 4 is 41.3 Å². The van der Waals surface area contributed by atoms with Crippen LogP contribution in [0.3, 0.4) is 0 Å². The summed E-state index contributed by atoms with van der Waals surface area (Å²) in [6.45, 7) is 3.66. The molecule has 5 atom stereocenters. The van der Waals surface area contributed by atoms with E-state index in [9.17, 15) is 24.3 Å². The van der Waals surface area contributed by atoms with Crippen molar-refractivity contribution in [1.82, 2.24) is 10.2 Å². The number of hydrogen-bond acceptors (Lipinski definition) is 9. The van der Waals surface area contributed by atoms with E-state index in [4.69, 9.17) is 14.2 Å². The van der Waals surface area contributed by atoms with Crippen molar-refractivity contribution in [2.24, 2.45) is 5.92 Å². The van der Waals surface area contributed by atoms with Crippen LogP contribution in [0.5, 0.6) is 0 Å². The van der Waals surface area contributed by atoms with E-state index in [-0.39, 0.29) is 56.1 Å². The minimum absolute atomic E-state index is 0.000675. The largest absolute Gasteiger partial charge is 0.445 e. The lowest BCUT2D eigenvalue weighted by Crippen LogP contribution is -2.41. The van der Waals surface area contributed by atoms with E-state index in [2.05, 4.69) is 17.6 Å². The fourth-order valence-corrected chi connectivity index (χ4v) is 8.19. The quantitative estimate of drug-likeness (QED) is 0.0799. The van der Waals surface area contributed by atoms with Gasteiger partial charge >= 0.3 is 6.09 Å². The molecule has 5 aromatic carbocycles. The molecule has 2 fully saturated rings. The van der Waals surface area contributed by atoms with Gasteiger partial charge < -0.3 is 30.0 Å². The van der Waals surface area contributed by atoms with Gasteiger partial charge in [0, 0.05) is 34.7 Å². The molecule has 5 aromatic rings. The number of thioether (sulfide) groups is 1. The Morgan fingerprint density at radius 1 is 0.828 bits per heavy atom. The van der Waals surface area contributed by atoms with E-state index in [1.165, 1.54) is 11.8 Å². The molecule has 12 heteroatoms. The van der Waals surface area contributed by atoms with Crippen molar-refractivity contribution in [1.29, 1.82) is 0 Å². The highest BCUT2D eigenvalue weighted by Crippen LogP contribution is 2.43. The number of hydrogen-bond donors (Lipinski definition) is 3. The number of benzene rings is 5. The van der Waals surface area contributed by atoms with Crippen LogP contribution < -0.4 is 10.6 Å². The number of carbonyl (C=O) groups is 4. The smallest absolute Gasteiger partial charge is 0.408 e. The molecule has 1 unspecified atom stereocenters. The van der Waals surface area contributed by atoms with Crippen LogP contribution in [-0.4, -0.2) is 51.7 Å². The number of rotatable bonds is 13. The molecule has 11 nitrogen and oxygen atoms in total. The monoisotopic (exact) mass is 799 g/mol. The maximum Gasteiger partial charge on any atom is 0.408 e. The van der Waals surface area contributed by atoms with Gasteiger partial charge in [0.05, 0.1) is 31.8 Å². The molecule has 0 bridgehead atoms. The molecule has 2 saturated heterocycles. The molecule has 4 amide bonds. The molecule has 0 radical (unpaired) electrons. The molecule has 0 aromatic heterocycles. The summed E-state index contributed by atoms with van der Waals surface area (Å²) in [5.41, 5.74) is 6.70. The average Bonchev–Trinajstić information content (AvgIpc) is 3.50. The molecule has 3 N–H and O–H groups in total. The van der Waals surface area contributed by atoms with Crippen molar-refractivity contribution < 1.29 is 38.5 Å². The molecule has 298 valence electrons. The van der Waals surface area contributed by atoms with Gasteiger partial charge in [0.1, 0.15) is 12.6 Å². The number of alkyl carbamates (subject to hydrolysis) is 1. The van der Waals surface area contributed by atoms with Crippen LogP contribution >= 0.6 is 11.8 Å². The Morgan fingerprint density at radius 3 is 2.22 bits per heavy atom. The first kappa shape index (κ1) is 40.4. The summed E-state index contributed by atoms with van der Waals surface area (Å²) >= 11 is 1.67. The van der Waals surface area contributed by atoms with Gasteiger partial charge in [-0.2, -0.15) is 0 Å². The first-order valence-corrected chi connectivity index (χ1v) is 20.1. The van der Waals surface area contributed by atoms with E-state index in [0.29, 0.717) is 5.75 Å². The van der Waals surface area contributed by atoms with Crippen LogP contribution in [0, 0.1) is 5.92 Å². The van der Waals surface area contributed by atoms with Gasteiger partial charge in [0.25, 0.3) is 5.91 Å². The Balaban J connectivity index is 1.04. The summed E-state index contributed by atoms with van der Waals surface area (Å²) in [6, 6.07) is 39.2. The van der Waals surface area contributed by atoms with Crippen LogP contribution in [0.15, 0.2) is 132 Å². The Morgan fingerprint density at radius 2 is 1.52 bits per heavy atom. The fourth-order valence-electron chi connectivity index (χ4n) is 7.12. The van der Waals surface area contributed by atoms with Crippen molar-refractivity contribution in [3.8, 4) is 11.1 Å². The number of aliphatic hydroxyl groups is 1. The maximum atomic E-state index is 13.4.